The molecule has 6 nitrogen and oxygen atoms in total. The van der Waals surface area contributed by atoms with Crippen molar-refractivity contribution in [3.8, 4) is 5.69 Å². The van der Waals surface area contributed by atoms with Crippen LogP contribution in [0.3, 0.4) is 0 Å². The maximum absolute atomic E-state index is 12.3. The number of hydrogen-bond acceptors (Lipinski definition) is 4. The Morgan fingerprint density at radius 2 is 1.79 bits per heavy atom. The van der Waals surface area contributed by atoms with Gasteiger partial charge >= 0.3 is 0 Å². The quantitative estimate of drug-likeness (QED) is 0.698. The van der Waals surface area contributed by atoms with E-state index >= 15 is 0 Å². The van der Waals surface area contributed by atoms with E-state index in [0.29, 0.717) is 11.3 Å². The molecule has 1 aromatic heterocycles. The number of nitrogens with zero attached hydrogens (tertiary/aromatic N) is 3. The van der Waals surface area contributed by atoms with Crippen molar-refractivity contribution >= 4 is 33.3 Å². The highest BCUT2D eigenvalue weighted by atomic mass is 79.9. The molecule has 0 fully saturated rings. The number of carbonyl (C=O) groups is 2. The summed E-state index contributed by atoms with van der Waals surface area (Å²) >= 11 is 3.43. The Bertz CT molecular complexity index is 903. The van der Waals surface area contributed by atoms with Crippen molar-refractivity contribution in [1.82, 2.24) is 15.0 Å². The molecule has 2 aromatic carbocycles. The molecule has 0 bridgehead atoms. The first-order chi connectivity index (χ1) is 11.5. The van der Waals surface area contributed by atoms with Crippen LogP contribution in [0.25, 0.3) is 5.69 Å². The van der Waals surface area contributed by atoms with E-state index < -0.39 is 0 Å². The molecule has 0 aliphatic rings. The van der Waals surface area contributed by atoms with E-state index in [-0.39, 0.29) is 17.4 Å². The minimum atomic E-state index is -0.371. The molecule has 1 N–H and O–H groups in total. The molecule has 0 unspecified atom stereocenters. The van der Waals surface area contributed by atoms with Crippen molar-refractivity contribution in [2.75, 3.05) is 5.32 Å². The molecule has 0 spiro atoms. The van der Waals surface area contributed by atoms with Crippen molar-refractivity contribution in [2.24, 2.45) is 0 Å². The zero-order valence-electron chi connectivity index (χ0n) is 12.7. The zero-order valence-corrected chi connectivity index (χ0v) is 14.3. The van der Waals surface area contributed by atoms with Crippen molar-refractivity contribution < 1.29 is 9.59 Å². The number of nitrogens with one attached hydrogen (secondary N) is 1. The van der Waals surface area contributed by atoms with E-state index in [9.17, 15) is 9.59 Å². The van der Waals surface area contributed by atoms with Gasteiger partial charge in [0.25, 0.3) is 5.91 Å². The molecular weight excluding hydrogens is 372 g/mol. The Labute approximate surface area is 146 Å². The molecule has 3 aromatic rings. The van der Waals surface area contributed by atoms with Gasteiger partial charge in [-0.15, -0.1) is 5.10 Å². The number of ketones is 1. The first-order valence-corrected chi connectivity index (χ1v) is 7.93. The van der Waals surface area contributed by atoms with E-state index in [1.807, 2.05) is 24.3 Å². The lowest BCUT2D eigenvalue weighted by atomic mass is 10.1. The Kier molecular flexibility index (Phi) is 4.52. The molecular formula is C17H13BrN4O2. The van der Waals surface area contributed by atoms with Gasteiger partial charge in [0.15, 0.2) is 11.5 Å². The predicted molar refractivity (Wildman–Crippen MR) is 93.5 cm³/mol. The Hall–Kier alpha value is -2.80. The summed E-state index contributed by atoms with van der Waals surface area (Å²) in [5.74, 6) is -0.395. The van der Waals surface area contributed by atoms with Crippen LogP contribution in [0, 0.1) is 0 Å². The lowest BCUT2D eigenvalue weighted by molar-refractivity contribution is 0.101. The lowest BCUT2D eigenvalue weighted by Crippen LogP contribution is -2.12. The summed E-state index contributed by atoms with van der Waals surface area (Å²) in [6.45, 7) is 1.49. The number of rotatable bonds is 4. The average molecular weight is 385 g/mol. The fourth-order valence-corrected chi connectivity index (χ4v) is 2.57. The summed E-state index contributed by atoms with van der Waals surface area (Å²) in [5.41, 5.74) is 2.16. The second-order valence-corrected chi connectivity index (χ2v) is 5.94. The van der Waals surface area contributed by atoms with Crippen LogP contribution in [0.15, 0.2) is 59.2 Å². The first kappa shape index (κ1) is 16.1. The average Bonchev–Trinajstić information content (AvgIpc) is 3.05. The normalized spacial score (nSPS) is 10.4. The standard InChI is InChI=1S/C17H13BrN4O2/c1-11(23)12-6-8-13(9-7-12)19-17(24)15-10-22(21-20-15)16-5-3-2-4-14(16)18/h2-10H,1H3,(H,19,24). The zero-order chi connectivity index (χ0) is 17.1. The predicted octanol–water partition coefficient (Wildman–Crippen LogP) is 3.48. The minimum Gasteiger partial charge on any atom is -0.321 e. The highest BCUT2D eigenvalue weighted by molar-refractivity contribution is 9.10. The van der Waals surface area contributed by atoms with Crippen LogP contribution < -0.4 is 5.32 Å². The van der Waals surface area contributed by atoms with Gasteiger partial charge in [-0.25, -0.2) is 4.68 Å². The number of aromatic nitrogens is 3. The lowest BCUT2D eigenvalue weighted by Gasteiger charge is -2.04. The van der Waals surface area contributed by atoms with Gasteiger partial charge in [0, 0.05) is 15.7 Å². The smallest absolute Gasteiger partial charge is 0.277 e. The molecule has 24 heavy (non-hydrogen) atoms. The fraction of sp³-hybridized carbons (Fsp3) is 0.0588. The monoisotopic (exact) mass is 384 g/mol. The van der Waals surface area contributed by atoms with Gasteiger partial charge in [-0.05, 0) is 59.3 Å². The molecule has 120 valence electrons. The first-order valence-electron chi connectivity index (χ1n) is 7.14. The van der Waals surface area contributed by atoms with Gasteiger partial charge < -0.3 is 5.32 Å². The maximum Gasteiger partial charge on any atom is 0.277 e. The van der Waals surface area contributed by atoms with Gasteiger partial charge in [0.05, 0.1) is 11.9 Å². The maximum atomic E-state index is 12.3. The van der Waals surface area contributed by atoms with Crippen LogP contribution in [-0.2, 0) is 0 Å². The third-order valence-corrected chi connectivity index (χ3v) is 4.05. The molecule has 3 rings (SSSR count). The van der Waals surface area contributed by atoms with Crippen LogP contribution >= 0.6 is 15.9 Å². The Balaban J connectivity index is 1.76. The summed E-state index contributed by atoms with van der Waals surface area (Å²) in [4.78, 5) is 23.5. The Morgan fingerprint density at radius 3 is 2.46 bits per heavy atom. The van der Waals surface area contributed by atoms with E-state index in [1.54, 1.807) is 30.5 Å². The molecule has 0 saturated heterocycles. The Morgan fingerprint density at radius 1 is 1.08 bits per heavy atom. The third kappa shape index (κ3) is 3.41. The number of Topliss-reactive ketones (excluding diaryl/α,β-unsaturated/α-hetero) is 1. The second-order valence-electron chi connectivity index (χ2n) is 5.09. The van der Waals surface area contributed by atoms with E-state index in [0.717, 1.165) is 10.2 Å². The van der Waals surface area contributed by atoms with Crippen LogP contribution in [0.2, 0.25) is 0 Å². The summed E-state index contributed by atoms with van der Waals surface area (Å²) in [6, 6.07) is 14.2. The van der Waals surface area contributed by atoms with Crippen molar-refractivity contribution in [2.45, 2.75) is 6.92 Å². The summed E-state index contributed by atoms with van der Waals surface area (Å²) in [6.07, 6.45) is 1.55. The number of anilines is 1. The molecule has 0 radical (unpaired) electrons. The molecule has 0 aliphatic heterocycles. The van der Waals surface area contributed by atoms with E-state index in [2.05, 4.69) is 31.6 Å². The second kappa shape index (κ2) is 6.76. The highest BCUT2D eigenvalue weighted by Gasteiger charge is 2.13. The number of carbonyl (C=O) groups excluding carboxylic acids is 2. The van der Waals surface area contributed by atoms with Crippen LogP contribution in [-0.4, -0.2) is 26.7 Å². The molecule has 7 heteroatoms. The van der Waals surface area contributed by atoms with Crippen LogP contribution in [0.5, 0.6) is 0 Å². The molecule has 0 saturated carbocycles. The number of halogens is 1. The van der Waals surface area contributed by atoms with Gasteiger partial charge in [-0.1, -0.05) is 17.3 Å². The SMILES string of the molecule is CC(=O)c1ccc(NC(=O)c2cn(-c3ccccc3Br)nn2)cc1. The van der Waals surface area contributed by atoms with Crippen molar-refractivity contribution in [3.05, 3.63) is 70.5 Å². The fourth-order valence-electron chi connectivity index (χ4n) is 2.11. The highest BCUT2D eigenvalue weighted by Crippen LogP contribution is 2.19. The van der Waals surface area contributed by atoms with Gasteiger partial charge in [0.2, 0.25) is 0 Å². The van der Waals surface area contributed by atoms with E-state index in [1.165, 1.54) is 11.6 Å². The van der Waals surface area contributed by atoms with Crippen LogP contribution in [0.1, 0.15) is 27.8 Å². The van der Waals surface area contributed by atoms with E-state index in [4.69, 9.17) is 0 Å². The van der Waals surface area contributed by atoms with Crippen molar-refractivity contribution in [3.63, 3.8) is 0 Å². The number of hydrogen-bond donors (Lipinski definition) is 1. The summed E-state index contributed by atoms with van der Waals surface area (Å²) in [7, 11) is 0. The minimum absolute atomic E-state index is 0.0238. The molecule has 1 amide bonds. The summed E-state index contributed by atoms with van der Waals surface area (Å²) < 4.78 is 2.37. The van der Waals surface area contributed by atoms with Gasteiger partial charge in [-0.2, -0.15) is 0 Å². The van der Waals surface area contributed by atoms with Gasteiger partial charge in [0.1, 0.15) is 0 Å². The number of amides is 1. The van der Waals surface area contributed by atoms with Crippen LogP contribution in [0.4, 0.5) is 5.69 Å². The van der Waals surface area contributed by atoms with Gasteiger partial charge in [-0.3, -0.25) is 9.59 Å². The topological polar surface area (TPSA) is 76.9 Å². The third-order valence-electron chi connectivity index (χ3n) is 3.37. The molecule has 1 heterocycles. The summed E-state index contributed by atoms with van der Waals surface area (Å²) in [5, 5.41) is 10.6. The largest absolute Gasteiger partial charge is 0.321 e. The molecule has 0 atom stereocenters. The molecule has 0 aliphatic carbocycles. The van der Waals surface area contributed by atoms with Crippen molar-refractivity contribution in [1.29, 1.82) is 0 Å². The number of para-hydroxylation sites is 1. The number of benzene rings is 2.